The fraction of sp³-hybridized carbons (Fsp3) is 0.571. The summed E-state index contributed by atoms with van der Waals surface area (Å²) in [6.07, 6.45) is 0. The monoisotopic (exact) mass is 250 g/mol. The molecule has 0 aliphatic carbocycles. The van der Waals surface area contributed by atoms with E-state index in [1.54, 1.807) is 7.11 Å². The molecular formula is C14H22N2O2. The number of phenolic OH excluding ortho intramolecular Hbond substituents is 1. The van der Waals surface area contributed by atoms with Crippen molar-refractivity contribution in [3.63, 3.8) is 0 Å². The van der Waals surface area contributed by atoms with Gasteiger partial charge < -0.3 is 15.2 Å². The first-order valence-electron chi connectivity index (χ1n) is 6.42. The largest absolute Gasteiger partial charge is 0.504 e. The number of rotatable bonds is 3. The van der Waals surface area contributed by atoms with Crippen molar-refractivity contribution in [3.8, 4) is 11.5 Å². The van der Waals surface area contributed by atoms with Crippen LogP contribution in [0.25, 0.3) is 0 Å². The molecule has 1 heterocycles. The first kappa shape index (κ1) is 13.2. The first-order valence-corrected chi connectivity index (χ1v) is 6.42. The fourth-order valence-electron chi connectivity index (χ4n) is 2.42. The molecule has 2 rings (SSSR count). The summed E-state index contributed by atoms with van der Waals surface area (Å²) in [5, 5.41) is 13.6. The van der Waals surface area contributed by atoms with Gasteiger partial charge in [0, 0.05) is 38.3 Å². The molecular weight excluding hydrogens is 228 g/mol. The predicted molar refractivity (Wildman–Crippen MR) is 72.3 cm³/mol. The molecule has 18 heavy (non-hydrogen) atoms. The molecule has 1 saturated heterocycles. The molecule has 0 aromatic heterocycles. The van der Waals surface area contributed by atoms with Crippen molar-refractivity contribution in [1.29, 1.82) is 0 Å². The molecule has 100 valence electrons. The predicted octanol–water partition coefficient (Wildman–Crippen LogP) is 1.42. The van der Waals surface area contributed by atoms with Gasteiger partial charge in [-0.1, -0.05) is 6.07 Å². The van der Waals surface area contributed by atoms with Gasteiger partial charge in [-0.25, -0.2) is 0 Å². The second-order valence-corrected chi connectivity index (χ2v) is 4.89. The Morgan fingerprint density at radius 1 is 1.33 bits per heavy atom. The Bertz CT molecular complexity index is 426. The van der Waals surface area contributed by atoms with Crippen molar-refractivity contribution in [2.75, 3.05) is 33.3 Å². The summed E-state index contributed by atoms with van der Waals surface area (Å²) < 4.78 is 5.31. The number of piperazine rings is 1. The van der Waals surface area contributed by atoms with Crippen molar-refractivity contribution in [2.24, 2.45) is 0 Å². The number of phenols is 1. The Hall–Kier alpha value is -1.26. The van der Waals surface area contributed by atoms with Crippen LogP contribution in [-0.2, 0) is 6.54 Å². The molecule has 0 unspecified atom stereocenters. The smallest absolute Gasteiger partial charge is 0.163 e. The van der Waals surface area contributed by atoms with Crippen LogP contribution < -0.4 is 10.1 Å². The lowest BCUT2D eigenvalue weighted by Crippen LogP contribution is -2.42. The Labute approximate surface area is 109 Å². The first-order chi connectivity index (χ1) is 8.63. The molecule has 2 N–H and O–H groups in total. The molecule has 1 aliphatic heterocycles. The zero-order valence-electron chi connectivity index (χ0n) is 11.4. The molecule has 4 nitrogen and oxygen atoms in total. The number of hydrogen-bond donors (Lipinski definition) is 2. The highest BCUT2D eigenvalue weighted by Gasteiger charge is 2.17. The summed E-state index contributed by atoms with van der Waals surface area (Å²) in [5.74, 6) is 0.902. The number of aromatic hydroxyl groups is 1. The van der Waals surface area contributed by atoms with E-state index in [1.165, 1.54) is 0 Å². The molecule has 0 atom stereocenters. The van der Waals surface area contributed by atoms with Gasteiger partial charge in [0.25, 0.3) is 0 Å². The van der Waals surface area contributed by atoms with Gasteiger partial charge in [0.1, 0.15) is 0 Å². The van der Waals surface area contributed by atoms with Gasteiger partial charge in [0.15, 0.2) is 11.5 Å². The van der Waals surface area contributed by atoms with Crippen molar-refractivity contribution in [2.45, 2.75) is 20.4 Å². The maximum absolute atomic E-state index is 10.3. The lowest BCUT2D eigenvalue weighted by molar-refractivity contribution is 0.229. The van der Waals surface area contributed by atoms with Crippen LogP contribution >= 0.6 is 0 Å². The number of nitrogens with one attached hydrogen (secondary N) is 1. The number of methoxy groups -OCH3 is 1. The summed E-state index contributed by atoms with van der Waals surface area (Å²) in [6.45, 7) is 8.89. The highest BCUT2D eigenvalue weighted by Crippen LogP contribution is 2.36. The number of aryl methyl sites for hydroxylation is 1. The zero-order valence-corrected chi connectivity index (χ0v) is 11.4. The van der Waals surface area contributed by atoms with Gasteiger partial charge in [0.2, 0.25) is 0 Å². The number of hydrogen-bond acceptors (Lipinski definition) is 4. The van der Waals surface area contributed by atoms with Gasteiger partial charge in [-0.3, -0.25) is 4.90 Å². The average Bonchev–Trinajstić information content (AvgIpc) is 2.38. The normalized spacial score (nSPS) is 16.8. The lowest BCUT2D eigenvalue weighted by atomic mass is 10.0. The molecule has 1 aromatic carbocycles. The Morgan fingerprint density at radius 3 is 2.61 bits per heavy atom. The average molecular weight is 250 g/mol. The van der Waals surface area contributed by atoms with Crippen molar-refractivity contribution in [3.05, 3.63) is 22.8 Å². The molecule has 1 fully saturated rings. The van der Waals surface area contributed by atoms with E-state index in [9.17, 15) is 5.11 Å². The highest BCUT2D eigenvalue weighted by molar-refractivity contribution is 5.53. The Morgan fingerprint density at radius 2 is 2.00 bits per heavy atom. The van der Waals surface area contributed by atoms with E-state index < -0.39 is 0 Å². The molecule has 0 amide bonds. The molecule has 0 bridgehead atoms. The third-order valence-corrected chi connectivity index (χ3v) is 3.65. The van der Waals surface area contributed by atoms with Crippen LogP contribution in [0, 0.1) is 13.8 Å². The number of benzene rings is 1. The van der Waals surface area contributed by atoms with E-state index in [-0.39, 0.29) is 0 Å². The van der Waals surface area contributed by atoms with Crippen molar-refractivity contribution >= 4 is 0 Å². The Balaban J connectivity index is 2.24. The third kappa shape index (κ3) is 2.60. The topological polar surface area (TPSA) is 44.7 Å². The van der Waals surface area contributed by atoms with Crippen LogP contribution in [0.1, 0.15) is 16.7 Å². The van der Waals surface area contributed by atoms with Crippen molar-refractivity contribution in [1.82, 2.24) is 10.2 Å². The summed E-state index contributed by atoms with van der Waals surface area (Å²) in [4.78, 5) is 2.35. The van der Waals surface area contributed by atoms with Gasteiger partial charge >= 0.3 is 0 Å². The summed E-state index contributed by atoms with van der Waals surface area (Å²) in [6, 6.07) is 2.06. The van der Waals surface area contributed by atoms with E-state index >= 15 is 0 Å². The summed E-state index contributed by atoms with van der Waals surface area (Å²) in [5.41, 5.74) is 3.13. The molecule has 4 heteroatoms. The summed E-state index contributed by atoms with van der Waals surface area (Å²) in [7, 11) is 1.61. The van der Waals surface area contributed by atoms with Crippen LogP contribution in [0.2, 0.25) is 0 Å². The van der Waals surface area contributed by atoms with E-state index in [1.807, 2.05) is 6.92 Å². The number of nitrogens with zero attached hydrogens (tertiary/aromatic N) is 1. The maximum atomic E-state index is 10.3. The fourth-order valence-corrected chi connectivity index (χ4v) is 2.42. The minimum absolute atomic E-state index is 0.291. The minimum Gasteiger partial charge on any atom is -0.504 e. The third-order valence-electron chi connectivity index (χ3n) is 3.65. The van der Waals surface area contributed by atoms with Crippen molar-refractivity contribution < 1.29 is 9.84 Å². The van der Waals surface area contributed by atoms with Crippen LogP contribution in [-0.4, -0.2) is 43.3 Å². The maximum Gasteiger partial charge on any atom is 0.163 e. The molecule has 1 aromatic rings. The SMILES string of the molecule is COc1c(C)c(C)cc(CN2CCNCC2)c1O. The minimum atomic E-state index is 0.291. The molecule has 0 spiro atoms. The zero-order chi connectivity index (χ0) is 13.1. The summed E-state index contributed by atoms with van der Waals surface area (Å²) >= 11 is 0. The molecule has 0 radical (unpaired) electrons. The quantitative estimate of drug-likeness (QED) is 0.851. The second kappa shape index (κ2) is 5.59. The lowest BCUT2D eigenvalue weighted by Gasteiger charge is -2.28. The van der Waals surface area contributed by atoms with Crippen LogP contribution in [0.5, 0.6) is 11.5 Å². The van der Waals surface area contributed by atoms with Gasteiger partial charge in [-0.15, -0.1) is 0 Å². The van der Waals surface area contributed by atoms with Crippen LogP contribution in [0.3, 0.4) is 0 Å². The van der Waals surface area contributed by atoms with E-state index in [2.05, 4.69) is 23.2 Å². The molecule has 1 aliphatic rings. The van der Waals surface area contributed by atoms with E-state index in [0.717, 1.165) is 49.4 Å². The van der Waals surface area contributed by atoms with Gasteiger partial charge in [-0.2, -0.15) is 0 Å². The highest BCUT2D eigenvalue weighted by atomic mass is 16.5. The van der Waals surface area contributed by atoms with Gasteiger partial charge in [0.05, 0.1) is 7.11 Å². The van der Waals surface area contributed by atoms with Gasteiger partial charge in [-0.05, 0) is 25.0 Å². The Kier molecular flexibility index (Phi) is 4.09. The van der Waals surface area contributed by atoms with Crippen LogP contribution in [0.4, 0.5) is 0 Å². The number of ether oxygens (including phenoxy) is 1. The van der Waals surface area contributed by atoms with E-state index in [4.69, 9.17) is 4.74 Å². The standard InChI is InChI=1S/C14H22N2O2/c1-10-8-12(9-16-6-4-15-5-7-16)13(17)14(18-3)11(10)2/h8,15,17H,4-7,9H2,1-3H3. The van der Waals surface area contributed by atoms with E-state index in [0.29, 0.717) is 11.5 Å². The second-order valence-electron chi connectivity index (χ2n) is 4.89. The molecule has 0 saturated carbocycles. The van der Waals surface area contributed by atoms with Crippen LogP contribution in [0.15, 0.2) is 6.07 Å².